The third kappa shape index (κ3) is 1.77. The van der Waals surface area contributed by atoms with Crippen LogP contribution in [-0.4, -0.2) is 4.98 Å². The van der Waals surface area contributed by atoms with E-state index in [1.54, 1.807) is 24.3 Å². The molecule has 6 heteroatoms. The Morgan fingerprint density at radius 2 is 1.14 bits per heavy atom. The van der Waals surface area contributed by atoms with Gasteiger partial charge < -0.3 is 6.41 Å². The third-order valence-electron chi connectivity index (χ3n) is 1.45. The van der Waals surface area contributed by atoms with Crippen molar-refractivity contribution in [1.29, 1.82) is 21.0 Å². The molecule has 0 atom stereocenters. The average Bonchev–Trinajstić information content (AvgIpc) is 2.54. The fraction of sp³-hybridized carbons (Fsp3) is 0. The number of nitrogens with one attached hydrogen (secondary N) is 1. The van der Waals surface area contributed by atoms with Gasteiger partial charge in [0.15, 0.2) is 0 Å². The minimum absolute atomic E-state index is 0. The smallest absolute Gasteiger partial charge is 1.00 e. The maximum absolute atomic E-state index is 8.59. The molecule has 0 aliphatic rings. The quantitative estimate of drug-likeness (QED) is 0.461. The van der Waals surface area contributed by atoms with Crippen molar-refractivity contribution < 1.29 is 31.0 Å². The summed E-state index contributed by atoms with van der Waals surface area (Å²) in [4.78, 5) is 2.38. The Morgan fingerprint density at radius 1 is 0.786 bits per heavy atom. The van der Waals surface area contributed by atoms with E-state index in [0.29, 0.717) is 0 Å². The monoisotopic (exact) mass is 191 g/mol. The predicted molar refractivity (Wildman–Crippen MR) is 40.8 cm³/mol. The van der Waals surface area contributed by atoms with E-state index < -0.39 is 0 Å². The molecule has 0 aliphatic carbocycles. The predicted octanol–water partition coefficient (Wildman–Crippen LogP) is -2.38. The first-order valence-electron chi connectivity index (χ1n) is 3.14. The second-order valence-electron chi connectivity index (χ2n) is 2.07. The summed E-state index contributed by atoms with van der Waals surface area (Å²) >= 11 is 0. The van der Waals surface area contributed by atoms with Gasteiger partial charge in [0.05, 0.1) is 0 Å². The van der Waals surface area contributed by atoms with Crippen molar-refractivity contribution >= 4 is 0 Å². The van der Waals surface area contributed by atoms with Crippen LogP contribution >= 0.6 is 0 Å². The van der Waals surface area contributed by atoms with Gasteiger partial charge in [0.2, 0.25) is 0 Å². The van der Waals surface area contributed by atoms with E-state index in [-0.39, 0.29) is 53.5 Å². The van der Waals surface area contributed by atoms with E-state index in [1.165, 1.54) is 0 Å². The van der Waals surface area contributed by atoms with Gasteiger partial charge in [-0.05, 0) is 0 Å². The summed E-state index contributed by atoms with van der Waals surface area (Å²) in [5, 5.41) is 34.2. The molecule has 14 heavy (non-hydrogen) atoms. The van der Waals surface area contributed by atoms with Crippen molar-refractivity contribution in [2.45, 2.75) is 0 Å². The van der Waals surface area contributed by atoms with Crippen LogP contribution in [0.15, 0.2) is 0 Å². The molecular formula is C8H2N5Na. The molecule has 0 aromatic carbocycles. The van der Waals surface area contributed by atoms with E-state index in [2.05, 4.69) is 4.98 Å². The average molecular weight is 191 g/mol. The summed E-state index contributed by atoms with van der Waals surface area (Å²) in [5.41, 5.74) is -0.227. The molecule has 0 spiro atoms. The van der Waals surface area contributed by atoms with Crippen LogP contribution in [0.2, 0.25) is 0 Å². The van der Waals surface area contributed by atoms with Gasteiger partial charge in [0.25, 0.3) is 0 Å². The summed E-state index contributed by atoms with van der Waals surface area (Å²) in [6.45, 7) is 0. The van der Waals surface area contributed by atoms with Crippen LogP contribution in [0, 0.1) is 45.3 Å². The maximum atomic E-state index is 8.59. The molecule has 1 rings (SSSR count). The van der Waals surface area contributed by atoms with E-state index in [0.717, 1.165) is 0 Å². The van der Waals surface area contributed by atoms with Crippen molar-refractivity contribution in [1.82, 2.24) is 4.98 Å². The Balaban J connectivity index is 0. The van der Waals surface area contributed by atoms with Crippen molar-refractivity contribution in [3.63, 3.8) is 0 Å². The van der Waals surface area contributed by atoms with E-state index >= 15 is 0 Å². The first kappa shape index (κ1) is 12.2. The molecule has 0 bridgehead atoms. The minimum atomic E-state index is -0.0680. The Bertz CT molecular complexity index is 473. The summed E-state index contributed by atoms with van der Waals surface area (Å²) in [7, 11) is 0. The summed E-state index contributed by atoms with van der Waals surface area (Å²) in [5.74, 6) is 0. The molecule has 0 amide bonds. The summed E-state index contributed by atoms with van der Waals surface area (Å²) < 4.78 is 0. The van der Waals surface area contributed by atoms with Gasteiger partial charge >= 0.3 is 29.6 Å². The second-order valence-corrected chi connectivity index (χ2v) is 2.07. The Kier molecular flexibility index (Phi) is 4.44. The normalized spacial score (nSPS) is 7.14. The molecule has 0 aliphatic heterocycles. The Morgan fingerprint density at radius 3 is 1.36 bits per heavy atom. The molecule has 1 aromatic rings. The molecule has 1 aromatic heterocycles. The van der Waals surface area contributed by atoms with E-state index in [4.69, 9.17) is 21.0 Å². The Labute approximate surface area is 104 Å². The van der Waals surface area contributed by atoms with Crippen LogP contribution in [0.25, 0.3) is 0 Å². The molecule has 0 saturated heterocycles. The second kappa shape index (κ2) is 5.07. The number of hydrogen-bond donors (Lipinski definition) is 1. The zero-order valence-corrected chi connectivity index (χ0v) is 9.29. The third-order valence-corrected chi connectivity index (χ3v) is 1.45. The number of rotatable bonds is 0. The SMILES string of the molecule is N#Cc1[nH]c(C#N)c(C#N)c1C#N.[H-].[Na+]. The molecule has 1 N–H and O–H groups in total. The zero-order chi connectivity index (χ0) is 9.84. The summed E-state index contributed by atoms with van der Waals surface area (Å²) in [6, 6.07) is 6.78. The molecule has 1 heterocycles. The number of nitrogens with zero attached hydrogens (tertiary/aromatic N) is 4. The zero-order valence-electron chi connectivity index (χ0n) is 8.29. The van der Waals surface area contributed by atoms with Crippen molar-refractivity contribution in [2.75, 3.05) is 0 Å². The molecule has 0 fully saturated rings. The van der Waals surface area contributed by atoms with Gasteiger partial charge in [-0.3, -0.25) is 0 Å². The fourth-order valence-corrected chi connectivity index (χ4v) is 0.891. The van der Waals surface area contributed by atoms with Crippen LogP contribution < -0.4 is 29.6 Å². The Hall–Kier alpha value is -1.76. The van der Waals surface area contributed by atoms with Gasteiger partial charge in [0.1, 0.15) is 46.8 Å². The number of H-pyrrole nitrogens is 1. The molecular weight excluding hydrogens is 189 g/mol. The van der Waals surface area contributed by atoms with Crippen molar-refractivity contribution in [3.8, 4) is 24.3 Å². The van der Waals surface area contributed by atoms with Crippen LogP contribution in [0.4, 0.5) is 0 Å². The number of nitriles is 4. The van der Waals surface area contributed by atoms with E-state index in [1.807, 2.05) is 0 Å². The molecule has 5 nitrogen and oxygen atoms in total. The topological polar surface area (TPSA) is 111 Å². The molecule has 0 radical (unpaired) electrons. The standard InChI is InChI=1S/C8HN5.Na.H/c9-1-5-6(2-10)8(4-12)13-7(5)3-11;;/h13H;;/q;+1;-1. The van der Waals surface area contributed by atoms with Crippen LogP contribution in [0.3, 0.4) is 0 Å². The minimum Gasteiger partial charge on any atom is -1.00 e. The van der Waals surface area contributed by atoms with Gasteiger partial charge in [0, 0.05) is 0 Å². The van der Waals surface area contributed by atoms with Gasteiger partial charge in [-0.2, -0.15) is 21.0 Å². The van der Waals surface area contributed by atoms with Gasteiger partial charge in [-0.1, -0.05) is 0 Å². The summed E-state index contributed by atoms with van der Waals surface area (Å²) in [6.07, 6.45) is 0. The van der Waals surface area contributed by atoms with E-state index in [9.17, 15) is 0 Å². The molecule has 0 unspecified atom stereocenters. The molecule has 60 valence electrons. The molecule has 0 saturated carbocycles. The maximum Gasteiger partial charge on any atom is 1.00 e. The van der Waals surface area contributed by atoms with Gasteiger partial charge in [-0.15, -0.1) is 0 Å². The van der Waals surface area contributed by atoms with Crippen molar-refractivity contribution in [3.05, 3.63) is 22.5 Å². The largest absolute Gasteiger partial charge is 1.00 e. The number of aromatic amines is 1. The van der Waals surface area contributed by atoms with Crippen LogP contribution in [-0.2, 0) is 0 Å². The van der Waals surface area contributed by atoms with Gasteiger partial charge in [-0.25, -0.2) is 0 Å². The first-order valence-corrected chi connectivity index (χ1v) is 3.14. The van der Waals surface area contributed by atoms with Crippen LogP contribution in [0.5, 0.6) is 0 Å². The first-order chi connectivity index (χ1) is 6.28. The fourth-order valence-electron chi connectivity index (χ4n) is 0.891. The number of aromatic nitrogens is 1. The van der Waals surface area contributed by atoms with Crippen LogP contribution in [0.1, 0.15) is 23.9 Å². The van der Waals surface area contributed by atoms with Crippen molar-refractivity contribution in [2.24, 2.45) is 0 Å². The number of hydrogen-bond acceptors (Lipinski definition) is 4.